The molecule has 0 heterocycles. The summed E-state index contributed by atoms with van der Waals surface area (Å²) in [5, 5.41) is 0. The van der Waals surface area contributed by atoms with E-state index in [1.165, 1.54) is 31.3 Å². The van der Waals surface area contributed by atoms with Gasteiger partial charge < -0.3 is 0 Å². The van der Waals surface area contributed by atoms with E-state index in [1.807, 2.05) is 0 Å². The van der Waals surface area contributed by atoms with Crippen LogP contribution in [-0.2, 0) is 18.9 Å². The van der Waals surface area contributed by atoms with Crippen molar-refractivity contribution in [1.82, 2.24) is 0 Å². The SMILES string of the molecule is CC1=C=C2CCC23CC[C]13[Ir]. The normalized spacial score (nSPS) is 51.5. The Morgan fingerprint density at radius 2 is 2.18 bits per heavy atom. The van der Waals surface area contributed by atoms with Crippen LogP contribution in [0.5, 0.6) is 0 Å². The van der Waals surface area contributed by atoms with Crippen molar-refractivity contribution in [1.29, 1.82) is 0 Å². The van der Waals surface area contributed by atoms with E-state index in [0.717, 1.165) is 0 Å². The predicted molar refractivity (Wildman–Crippen MR) is 39.8 cm³/mol. The molecule has 3 aliphatic rings. The average molecular weight is 323 g/mol. The summed E-state index contributed by atoms with van der Waals surface area (Å²) in [5.74, 6) is 0. The molecule has 11 heavy (non-hydrogen) atoms. The molecule has 0 aliphatic heterocycles. The van der Waals surface area contributed by atoms with Gasteiger partial charge in [0.25, 0.3) is 0 Å². The second-order valence-electron chi connectivity index (χ2n) is 4.07. The van der Waals surface area contributed by atoms with Crippen LogP contribution in [0.3, 0.4) is 0 Å². The minimum absolute atomic E-state index is 0.556. The molecular weight excluding hydrogens is 312 g/mol. The van der Waals surface area contributed by atoms with Gasteiger partial charge in [-0.05, 0) is 0 Å². The van der Waals surface area contributed by atoms with Gasteiger partial charge >= 0.3 is 77.7 Å². The average Bonchev–Trinajstić information content (AvgIpc) is 1.99. The molecule has 3 rings (SSSR count). The van der Waals surface area contributed by atoms with Crippen LogP contribution >= 0.6 is 0 Å². The van der Waals surface area contributed by atoms with Gasteiger partial charge in [0, 0.05) is 0 Å². The van der Waals surface area contributed by atoms with Crippen LogP contribution in [0, 0.1) is 5.41 Å². The van der Waals surface area contributed by atoms with Gasteiger partial charge in [-0.25, -0.2) is 0 Å². The first-order valence-electron chi connectivity index (χ1n) is 4.33. The Labute approximate surface area is 77.9 Å². The molecule has 2 atom stereocenters. The summed E-state index contributed by atoms with van der Waals surface area (Å²) >= 11 is 2.44. The van der Waals surface area contributed by atoms with E-state index in [0.29, 0.717) is 9.34 Å². The summed E-state index contributed by atoms with van der Waals surface area (Å²) in [6, 6.07) is 0. The van der Waals surface area contributed by atoms with Crippen LogP contribution in [-0.4, -0.2) is 0 Å². The van der Waals surface area contributed by atoms with Crippen molar-refractivity contribution in [2.24, 2.45) is 5.41 Å². The Kier molecular flexibility index (Phi) is 0.964. The summed E-state index contributed by atoms with van der Waals surface area (Å²) in [6.07, 6.45) is 5.65. The van der Waals surface area contributed by atoms with Gasteiger partial charge in [-0.2, -0.15) is 0 Å². The number of hydrogen-bond acceptors (Lipinski definition) is 0. The van der Waals surface area contributed by atoms with Crippen molar-refractivity contribution in [2.45, 2.75) is 36.5 Å². The predicted octanol–water partition coefficient (Wildman–Crippen LogP) is 2.75. The molecule has 0 aromatic rings. The Morgan fingerprint density at radius 1 is 1.36 bits per heavy atom. The molecule has 0 aromatic heterocycles. The van der Waals surface area contributed by atoms with Crippen molar-refractivity contribution in [3.05, 3.63) is 16.9 Å². The third kappa shape index (κ3) is 0.466. The second kappa shape index (κ2) is 1.59. The number of rotatable bonds is 0. The monoisotopic (exact) mass is 324 g/mol. The zero-order chi connectivity index (χ0) is 7.69. The van der Waals surface area contributed by atoms with Gasteiger partial charge in [0.1, 0.15) is 0 Å². The van der Waals surface area contributed by atoms with E-state index in [2.05, 4.69) is 31.6 Å². The third-order valence-electron chi connectivity index (χ3n) is 3.92. The third-order valence-corrected chi connectivity index (χ3v) is 6.56. The molecule has 2 unspecified atom stereocenters. The van der Waals surface area contributed by atoms with Crippen LogP contribution in [0.15, 0.2) is 16.9 Å². The Morgan fingerprint density at radius 3 is 2.45 bits per heavy atom. The molecule has 0 aromatic carbocycles. The number of hydrogen-bond donors (Lipinski definition) is 0. The quantitative estimate of drug-likeness (QED) is 0.601. The summed E-state index contributed by atoms with van der Waals surface area (Å²) in [5.41, 5.74) is 7.42. The fourth-order valence-electron chi connectivity index (χ4n) is 2.94. The van der Waals surface area contributed by atoms with Gasteiger partial charge in [0.15, 0.2) is 0 Å². The van der Waals surface area contributed by atoms with Crippen molar-refractivity contribution < 1.29 is 18.9 Å². The second-order valence-corrected chi connectivity index (χ2v) is 6.12. The standard InChI is InChI=1S/C10H11.Ir/c1-7-6-8-2-4-10(8)5-3-9(7)10;/h2-5H2,1H3;. The van der Waals surface area contributed by atoms with Gasteiger partial charge in [-0.3, -0.25) is 0 Å². The van der Waals surface area contributed by atoms with E-state index in [4.69, 9.17) is 0 Å². The van der Waals surface area contributed by atoms with Crippen LogP contribution in [0.2, 0.25) is 3.93 Å². The molecule has 2 fully saturated rings. The summed E-state index contributed by atoms with van der Waals surface area (Å²) in [6.45, 7) is 2.27. The molecule has 0 N–H and O–H groups in total. The molecule has 0 bridgehead atoms. The maximum atomic E-state index is 3.58. The molecular formula is C10H11Ir. The molecule has 0 nitrogen and oxygen atoms in total. The van der Waals surface area contributed by atoms with Crippen LogP contribution < -0.4 is 0 Å². The zero-order valence-corrected chi connectivity index (χ0v) is 9.06. The van der Waals surface area contributed by atoms with E-state index in [1.54, 1.807) is 5.57 Å². The molecule has 1 spiro atoms. The fourth-order valence-corrected chi connectivity index (χ4v) is 4.35. The van der Waals surface area contributed by atoms with Crippen molar-refractivity contribution in [3.8, 4) is 0 Å². The van der Waals surface area contributed by atoms with E-state index in [-0.39, 0.29) is 0 Å². The van der Waals surface area contributed by atoms with Gasteiger partial charge in [-0.15, -0.1) is 0 Å². The molecule has 3 aliphatic carbocycles. The first-order chi connectivity index (χ1) is 5.19. The van der Waals surface area contributed by atoms with E-state index in [9.17, 15) is 0 Å². The fraction of sp³-hybridized carbons (Fsp3) is 0.700. The van der Waals surface area contributed by atoms with E-state index < -0.39 is 0 Å². The molecule has 2 saturated carbocycles. The summed E-state index contributed by atoms with van der Waals surface area (Å²) < 4.78 is 0.556. The van der Waals surface area contributed by atoms with Gasteiger partial charge in [-0.1, -0.05) is 0 Å². The molecule has 60 valence electrons. The zero-order valence-electron chi connectivity index (χ0n) is 6.66. The van der Waals surface area contributed by atoms with E-state index >= 15 is 0 Å². The molecule has 1 heteroatoms. The Hall–Kier alpha value is 0.169. The Bertz CT molecular complexity index is 289. The van der Waals surface area contributed by atoms with Gasteiger partial charge in [0.2, 0.25) is 0 Å². The number of allylic oxidation sites excluding steroid dienone is 1. The topological polar surface area (TPSA) is 0 Å². The van der Waals surface area contributed by atoms with Crippen molar-refractivity contribution >= 4 is 0 Å². The van der Waals surface area contributed by atoms with Crippen LogP contribution in [0.4, 0.5) is 0 Å². The first kappa shape index (κ1) is 6.66. The summed E-state index contributed by atoms with van der Waals surface area (Å²) in [7, 11) is 0. The van der Waals surface area contributed by atoms with Crippen molar-refractivity contribution in [2.75, 3.05) is 0 Å². The molecule has 0 saturated heterocycles. The molecule has 0 radical (unpaired) electrons. The Balaban J connectivity index is 2.19. The minimum atomic E-state index is 0.556. The summed E-state index contributed by atoms with van der Waals surface area (Å²) in [4.78, 5) is 0. The van der Waals surface area contributed by atoms with Crippen molar-refractivity contribution in [3.63, 3.8) is 0 Å². The van der Waals surface area contributed by atoms with Crippen LogP contribution in [0.25, 0.3) is 0 Å². The first-order valence-corrected chi connectivity index (χ1v) is 5.53. The van der Waals surface area contributed by atoms with Gasteiger partial charge in [0.05, 0.1) is 0 Å². The maximum absolute atomic E-state index is 3.58. The molecule has 0 amide bonds. The van der Waals surface area contributed by atoms with Crippen LogP contribution in [0.1, 0.15) is 32.6 Å².